The number of thiophene rings is 1. The average Bonchev–Trinajstić information content (AvgIpc) is 3.21. The number of carbonyl (C=O) groups is 2. The standard InChI is InChI=1S/C18H18N4O3S2/c1-25-9-8-19-18(24)21-15(23)11-27-17-12-5-2-3-6-13(12)20-16(22-17)14-7-4-10-26-14/h2-7,10H,8-9,11H2,1H3,(H2,19,21,23,24). The molecule has 3 rings (SSSR count). The zero-order chi connectivity index (χ0) is 19.1. The van der Waals surface area contributed by atoms with Gasteiger partial charge in [-0.2, -0.15) is 0 Å². The van der Waals surface area contributed by atoms with E-state index in [9.17, 15) is 9.59 Å². The van der Waals surface area contributed by atoms with E-state index >= 15 is 0 Å². The first-order chi connectivity index (χ1) is 13.2. The number of methoxy groups -OCH3 is 1. The molecule has 3 amide bonds. The van der Waals surface area contributed by atoms with Crippen LogP contribution in [0.4, 0.5) is 4.79 Å². The summed E-state index contributed by atoms with van der Waals surface area (Å²) in [6, 6.07) is 11.0. The third-order valence-electron chi connectivity index (χ3n) is 3.49. The van der Waals surface area contributed by atoms with E-state index in [-0.39, 0.29) is 5.75 Å². The summed E-state index contributed by atoms with van der Waals surface area (Å²) in [4.78, 5) is 33.9. The number of fused-ring (bicyclic) bond motifs is 1. The Labute approximate surface area is 164 Å². The van der Waals surface area contributed by atoms with Crippen LogP contribution in [0.5, 0.6) is 0 Å². The molecule has 0 radical (unpaired) electrons. The minimum Gasteiger partial charge on any atom is -0.383 e. The van der Waals surface area contributed by atoms with Crippen molar-refractivity contribution in [2.45, 2.75) is 5.03 Å². The minimum atomic E-state index is -0.538. The molecule has 2 N–H and O–H groups in total. The Bertz CT molecular complexity index is 932. The first-order valence-electron chi connectivity index (χ1n) is 8.17. The number of nitrogens with zero attached hydrogens (tertiary/aromatic N) is 2. The van der Waals surface area contributed by atoms with Crippen LogP contribution in [0.15, 0.2) is 46.8 Å². The maximum absolute atomic E-state index is 12.0. The van der Waals surface area contributed by atoms with Gasteiger partial charge in [-0.25, -0.2) is 14.8 Å². The zero-order valence-electron chi connectivity index (χ0n) is 14.6. The van der Waals surface area contributed by atoms with Crippen molar-refractivity contribution in [2.75, 3.05) is 26.0 Å². The third-order valence-corrected chi connectivity index (χ3v) is 5.35. The molecule has 3 aromatic rings. The minimum absolute atomic E-state index is 0.0720. The number of ether oxygens (including phenoxy) is 1. The van der Waals surface area contributed by atoms with Crippen LogP contribution in [0.1, 0.15) is 0 Å². The van der Waals surface area contributed by atoms with E-state index in [1.165, 1.54) is 18.9 Å². The summed E-state index contributed by atoms with van der Waals surface area (Å²) in [5.74, 6) is 0.307. The molecule has 0 unspecified atom stereocenters. The SMILES string of the molecule is COCCNC(=O)NC(=O)CSc1nc(-c2cccs2)nc2ccccc12. The molecule has 27 heavy (non-hydrogen) atoms. The highest BCUT2D eigenvalue weighted by atomic mass is 32.2. The van der Waals surface area contributed by atoms with E-state index in [1.807, 2.05) is 41.8 Å². The Morgan fingerprint density at radius 2 is 2.04 bits per heavy atom. The van der Waals surface area contributed by atoms with Crippen LogP contribution in [0.25, 0.3) is 21.6 Å². The fourth-order valence-electron chi connectivity index (χ4n) is 2.28. The van der Waals surface area contributed by atoms with Gasteiger partial charge in [-0.1, -0.05) is 36.0 Å². The molecule has 9 heteroatoms. The van der Waals surface area contributed by atoms with Gasteiger partial charge in [0.05, 0.1) is 22.8 Å². The predicted molar refractivity (Wildman–Crippen MR) is 107 cm³/mol. The summed E-state index contributed by atoms with van der Waals surface area (Å²) in [6.45, 7) is 0.720. The molecule has 2 aromatic heterocycles. The van der Waals surface area contributed by atoms with Crippen LogP contribution in [-0.4, -0.2) is 47.9 Å². The number of carbonyl (C=O) groups excluding carboxylic acids is 2. The van der Waals surface area contributed by atoms with Crippen molar-refractivity contribution < 1.29 is 14.3 Å². The second kappa shape index (κ2) is 9.45. The summed E-state index contributed by atoms with van der Waals surface area (Å²) in [6.07, 6.45) is 0. The average molecular weight is 403 g/mol. The van der Waals surface area contributed by atoms with Crippen molar-refractivity contribution in [3.63, 3.8) is 0 Å². The van der Waals surface area contributed by atoms with E-state index in [2.05, 4.69) is 20.6 Å². The fraction of sp³-hybridized carbons (Fsp3) is 0.222. The van der Waals surface area contributed by atoms with Gasteiger partial charge in [0.25, 0.3) is 0 Å². The summed E-state index contributed by atoms with van der Waals surface area (Å²) >= 11 is 2.84. The van der Waals surface area contributed by atoms with E-state index in [4.69, 9.17) is 4.74 Å². The first kappa shape index (κ1) is 19.3. The lowest BCUT2D eigenvalue weighted by atomic mass is 10.2. The van der Waals surface area contributed by atoms with Gasteiger partial charge in [-0.05, 0) is 17.5 Å². The number of imide groups is 1. The number of benzene rings is 1. The Morgan fingerprint density at radius 3 is 2.81 bits per heavy atom. The van der Waals surface area contributed by atoms with Gasteiger partial charge in [-0.3, -0.25) is 10.1 Å². The monoisotopic (exact) mass is 402 g/mol. The molecule has 2 heterocycles. The highest BCUT2D eigenvalue weighted by Gasteiger charge is 2.13. The Hall–Kier alpha value is -2.49. The van der Waals surface area contributed by atoms with Gasteiger partial charge in [0.15, 0.2) is 5.82 Å². The lowest BCUT2D eigenvalue weighted by Crippen LogP contribution is -2.41. The van der Waals surface area contributed by atoms with Gasteiger partial charge in [0.1, 0.15) is 5.03 Å². The number of nitrogens with one attached hydrogen (secondary N) is 2. The van der Waals surface area contributed by atoms with E-state index in [0.717, 1.165) is 15.8 Å². The molecule has 0 aliphatic carbocycles. The summed E-state index contributed by atoms with van der Waals surface area (Å²) in [5, 5.41) is 8.38. The maximum atomic E-state index is 12.0. The van der Waals surface area contributed by atoms with Gasteiger partial charge >= 0.3 is 6.03 Å². The van der Waals surface area contributed by atoms with Crippen molar-refractivity contribution in [1.82, 2.24) is 20.6 Å². The molecule has 0 saturated carbocycles. The molecule has 7 nitrogen and oxygen atoms in total. The fourth-order valence-corrected chi connectivity index (χ4v) is 3.76. The number of urea groups is 1. The number of amides is 3. The second-order valence-corrected chi connectivity index (χ2v) is 7.34. The van der Waals surface area contributed by atoms with Gasteiger partial charge in [0, 0.05) is 19.0 Å². The molecule has 0 saturated heterocycles. The molecule has 0 aliphatic rings. The van der Waals surface area contributed by atoms with E-state index in [1.54, 1.807) is 11.3 Å². The lowest BCUT2D eigenvalue weighted by Gasteiger charge is -2.08. The van der Waals surface area contributed by atoms with Crippen LogP contribution >= 0.6 is 23.1 Å². The van der Waals surface area contributed by atoms with Crippen LogP contribution in [0.3, 0.4) is 0 Å². The number of para-hydroxylation sites is 1. The van der Waals surface area contributed by atoms with Crippen molar-refractivity contribution in [3.8, 4) is 10.7 Å². The first-order valence-corrected chi connectivity index (χ1v) is 10.0. The summed E-state index contributed by atoms with van der Waals surface area (Å²) in [5.41, 5.74) is 0.816. The van der Waals surface area contributed by atoms with Gasteiger partial charge < -0.3 is 10.1 Å². The summed E-state index contributed by atoms with van der Waals surface area (Å²) < 4.78 is 4.84. The number of aromatic nitrogens is 2. The number of hydrogen-bond donors (Lipinski definition) is 2. The number of thioether (sulfide) groups is 1. The Balaban J connectivity index is 1.70. The highest BCUT2D eigenvalue weighted by molar-refractivity contribution is 8.00. The second-order valence-electron chi connectivity index (χ2n) is 5.43. The van der Waals surface area contributed by atoms with Crippen LogP contribution in [-0.2, 0) is 9.53 Å². The van der Waals surface area contributed by atoms with E-state index < -0.39 is 11.9 Å². The molecule has 0 aliphatic heterocycles. The van der Waals surface area contributed by atoms with Crippen LogP contribution in [0.2, 0.25) is 0 Å². The number of rotatable bonds is 7. The molecular formula is C18H18N4O3S2. The molecular weight excluding hydrogens is 384 g/mol. The maximum Gasteiger partial charge on any atom is 0.321 e. The highest BCUT2D eigenvalue weighted by Crippen LogP contribution is 2.29. The molecule has 1 aromatic carbocycles. The third kappa shape index (κ3) is 5.25. The smallest absolute Gasteiger partial charge is 0.321 e. The molecule has 0 fully saturated rings. The molecule has 140 valence electrons. The van der Waals surface area contributed by atoms with Crippen LogP contribution in [0, 0.1) is 0 Å². The van der Waals surface area contributed by atoms with Gasteiger partial charge in [-0.15, -0.1) is 11.3 Å². The Kier molecular flexibility index (Phi) is 6.74. The lowest BCUT2D eigenvalue weighted by molar-refractivity contribution is -0.117. The van der Waals surface area contributed by atoms with E-state index in [0.29, 0.717) is 24.0 Å². The van der Waals surface area contributed by atoms with Crippen LogP contribution < -0.4 is 10.6 Å². The molecule has 0 bridgehead atoms. The van der Waals surface area contributed by atoms with Crippen molar-refractivity contribution >= 4 is 45.9 Å². The zero-order valence-corrected chi connectivity index (χ0v) is 16.2. The normalized spacial score (nSPS) is 10.7. The summed E-state index contributed by atoms with van der Waals surface area (Å²) in [7, 11) is 1.54. The molecule has 0 atom stereocenters. The molecule has 0 spiro atoms. The predicted octanol–water partition coefficient (Wildman–Crippen LogP) is 2.92. The van der Waals surface area contributed by atoms with Crippen molar-refractivity contribution in [3.05, 3.63) is 41.8 Å². The quantitative estimate of drug-likeness (QED) is 0.359. The van der Waals surface area contributed by atoms with Crippen molar-refractivity contribution in [2.24, 2.45) is 0 Å². The van der Waals surface area contributed by atoms with Gasteiger partial charge in [0.2, 0.25) is 5.91 Å². The topological polar surface area (TPSA) is 93.2 Å². The number of hydrogen-bond acceptors (Lipinski definition) is 7. The van der Waals surface area contributed by atoms with Crippen molar-refractivity contribution in [1.29, 1.82) is 0 Å². The largest absolute Gasteiger partial charge is 0.383 e. The Morgan fingerprint density at radius 1 is 1.19 bits per heavy atom.